The van der Waals surface area contributed by atoms with Crippen molar-refractivity contribution in [2.75, 3.05) is 69.5 Å². The van der Waals surface area contributed by atoms with Crippen molar-refractivity contribution in [3.05, 3.63) is 11.6 Å². The Hall–Kier alpha value is -3.01. The monoisotopic (exact) mass is 580 g/mol. The molecule has 2 aromatic heterocycles. The molecule has 10 nitrogen and oxygen atoms in total. The zero-order chi connectivity index (χ0) is 27.7. The van der Waals surface area contributed by atoms with Gasteiger partial charge in [0.05, 0.1) is 46.1 Å². The van der Waals surface area contributed by atoms with Gasteiger partial charge in [0.25, 0.3) is 0 Å². The maximum absolute atomic E-state index is 13.0. The number of nitrogens with one attached hydrogen (secondary N) is 2. The lowest BCUT2D eigenvalue weighted by Gasteiger charge is -2.46. The van der Waals surface area contributed by atoms with Gasteiger partial charge in [-0.05, 0) is 70.0 Å². The number of benzene rings is 1. The number of carbonyl (C=O) groups excluding carboxylic acids is 2. The van der Waals surface area contributed by atoms with Crippen molar-refractivity contribution in [1.82, 2.24) is 24.7 Å². The van der Waals surface area contributed by atoms with E-state index in [0.717, 1.165) is 114 Å². The van der Waals surface area contributed by atoms with Crippen LogP contribution in [0.4, 0.5) is 10.3 Å². The van der Waals surface area contributed by atoms with Crippen LogP contribution < -0.4 is 10.6 Å². The molecular weight excluding hydrogens is 544 g/mol. The molecule has 1 spiro atoms. The molecular formula is C28H36N8O2S2. The average molecular weight is 581 g/mol. The normalized spacial score (nSPS) is 19.4. The third-order valence-electron chi connectivity index (χ3n) is 8.91. The third-order valence-corrected chi connectivity index (χ3v) is 10.8. The van der Waals surface area contributed by atoms with Crippen LogP contribution in [0.1, 0.15) is 44.1 Å². The number of fused-ring (bicyclic) bond motifs is 2. The summed E-state index contributed by atoms with van der Waals surface area (Å²) in [7, 11) is 0. The van der Waals surface area contributed by atoms with E-state index in [9.17, 15) is 9.59 Å². The quantitative estimate of drug-likeness (QED) is 0.405. The number of amides is 2. The minimum absolute atomic E-state index is 0.120. The Kier molecular flexibility index (Phi) is 7.79. The molecule has 0 unspecified atom stereocenters. The number of nitrogens with zero attached hydrogens (tertiary/aromatic N) is 6. The van der Waals surface area contributed by atoms with Gasteiger partial charge in [0.1, 0.15) is 0 Å². The molecule has 0 atom stereocenters. The lowest BCUT2D eigenvalue weighted by atomic mass is 9.71. The summed E-state index contributed by atoms with van der Waals surface area (Å²) in [6.45, 7) is 8.36. The van der Waals surface area contributed by atoms with Crippen LogP contribution in [0.3, 0.4) is 0 Å². The summed E-state index contributed by atoms with van der Waals surface area (Å²) in [5, 5.41) is 16.9. The largest absolute Gasteiger partial charge is 0.352 e. The molecule has 40 heavy (non-hydrogen) atoms. The molecule has 212 valence electrons. The topological polar surface area (TPSA) is 117 Å². The Morgan fingerprint density at radius 2 is 1.38 bits per heavy atom. The maximum Gasteiger partial charge on any atom is 0.241 e. The van der Waals surface area contributed by atoms with Gasteiger partial charge in [0.15, 0.2) is 10.3 Å². The van der Waals surface area contributed by atoms with Crippen LogP contribution in [-0.2, 0) is 9.59 Å². The molecule has 5 heterocycles. The van der Waals surface area contributed by atoms with Crippen molar-refractivity contribution >= 4 is 65.2 Å². The minimum Gasteiger partial charge on any atom is -0.352 e. The highest BCUT2D eigenvalue weighted by atomic mass is 32.1. The third kappa shape index (κ3) is 5.60. The van der Waals surface area contributed by atoms with Crippen molar-refractivity contribution in [2.24, 2.45) is 5.41 Å². The van der Waals surface area contributed by atoms with Gasteiger partial charge < -0.3 is 20.4 Å². The fraction of sp³-hybridized carbons (Fsp3) is 0.607. The SMILES string of the molecule is Cc1c2nc(NCC(=O)N3CCCC3)sc2cc2sc(NCC(=O)N3CCC4(CCN(CC#N)CC4)CC3)nc12. The Labute approximate surface area is 242 Å². The summed E-state index contributed by atoms with van der Waals surface area (Å²) in [6, 6.07) is 4.37. The first-order chi connectivity index (χ1) is 19.4. The van der Waals surface area contributed by atoms with E-state index in [0.29, 0.717) is 12.0 Å². The molecule has 2 amide bonds. The summed E-state index contributed by atoms with van der Waals surface area (Å²) >= 11 is 3.11. The zero-order valence-electron chi connectivity index (χ0n) is 23.0. The van der Waals surface area contributed by atoms with Crippen LogP contribution in [0.15, 0.2) is 6.07 Å². The van der Waals surface area contributed by atoms with Gasteiger partial charge in [0.2, 0.25) is 11.8 Å². The van der Waals surface area contributed by atoms with Gasteiger partial charge in [-0.15, -0.1) is 0 Å². The molecule has 12 heteroatoms. The Morgan fingerprint density at radius 3 is 1.90 bits per heavy atom. The predicted octanol–water partition coefficient (Wildman–Crippen LogP) is 3.89. The second-order valence-corrected chi connectivity index (χ2v) is 13.4. The second-order valence-electron chi connectivity index (χ2n) is 11.3. The van der Waals surface area contributed by atoms with Crippen molar-refractivity contribution < 1.29 is 9.59 Å². The highest BCUT2D eigenvalue weighted by molar-refractivity contribution is 7.24. The Bertz CT molecular complexity index is 1440. The van der Waals surface area contributed by atoms with Gasteiger partial charge in [0, 0.05) is 31.7 Å². The van der Waals surface area contributed by atoms with E-state index in [1.165, 1.54) is 0 Å². The number of thiazole rings is 2. The molecule has 2 N–H and O–H groups in total. The summed E-state index contributed by atoms with van der Waals surface area (Å²) in [6.07, 6.45) is 6.52. The lowest BCUT2D eigenvalue weighted by Crippen LogP contribution is -2.49. The van der Waals surface area contributed by atoms with Crippen molar-refractivity contribution in [3.63, 3.8) is 0 Å². The van der Waals surface area contributed by atoms with Gasteiger partial charge in [-0.1, -0.05) is 22.7 Å². The molecule has 1 aromatic carbocycles. The zero-order valence-corrected chi connectivity index (χ0v) is 24.6. The van der Waals surface area contributed by atoms with Gasteiger partial charge >= 0.3 is 0 Å². The van der Waals surface area contributed by atoms with E-state index in [1.807, 2.05) is 16.7 Å². The first-order valence-corrected chi connectivity index (χ1v) is 15.9. The van der Waals surface area contributed by atoms with Gasteiger partial charge in [-0.25, -0.2) is 9.97 Å². The standard InChI is InChI=1S/C28H36N8O2S2/c1-19-24-20(39-26(32-24)30-17-22(37)35-9-2-3-10-35)16-21-25(19)33-27(40-21)31-18-23(38)36-13-6-28(7-14-36)4-11-34(12-5-28)15-8-29/h16H,2-7,9-15,17-18H2,1H3,(H,30,32)(H,31,33). The number of rotatable bonds is 7. The number of nitriles is 1. The highest BCUT2D eigenvalue weighted by Crippen LogP contribution is 2.41. The van der Waals surface area contributed by atoms with Gasteiger partial charge in [-0.3, -0.25) is 14.5 Å². The van der Waals surface area contributed by atoms with E-state index in [2.05, 4.69) is 27.7 Å². The van der Waals surface area contributed by atoms with E-state index in [4.69, 9.17) is 15.2 Å². The summed E-state index contributed by atoms with van der Waals surface area (Å²) < 4.78 is 2.12. The van der Waals surface area contributed by atoms with E-state index >= 15 is 0 Å². The molecule has 0 bridgehead atoms. The Morgan fingerprint density at radius 1 is 0.875 bits per heavy atom. The smallest absolute Gasteiger partial charge is 0.241 e. The highest BCUT2D eigenvalue weighted by Gasteiger charge is 2.38. The summed E-state index contributed by atoms with van der Waals surface area (Å²) in [5.74, 6) is 0.248. The number of piperidine rings is 2. The predicted molar refractivity (Wildman–Crippen MR) is 160 cm³/mol. The maximum atomic E-state index is 13.0. The molecule has 0 aliphatic carbocycles. The minimum atomic E-state index is 0.120. The van der Waals surface area contributed by atoms with Crippen LogP contribution in [0.2, 0.25) is 0 Å². The van der Waals surface area contributed by atoms with Crippen LogP contribution >= 0.6 is 22.7 Å². The Balaban J connectivity index is 1.03. The van der Waals surface area contributed by atoms with E-state index in [-0.39, 0.29) is 24.9 Å². The van der Waals surface area contributed by atoms with Crippen LogP contribution in [0.5, 0.6) is 0 Å². The fourth-order valence-electron chi connectivity index (χ4n) is 6.29. The second kappa shape index (κ2) is 11.5. The number of hydrogen-bond donors (Lipinski definition) is 2. The molecule has 0 saturated carbocycles. The molecule has 3 fully saturated rings. The first kappa shape index (κ1) is 27.2. The number of hydrogen-bond acceptors (Lipinski definition) is 10. The molecule has 3 saturated heterocycles. The molecule has 6 rings (SSSR count). The van der Waals surface area contributed by atoms with Crippen LogP contribution in [-0.4, -0.2) is 95.4 Å². The molecule has 0 radical (unpaired) electrons. The van der Waals surface area contributed by atoms with E-state index < -0.39 is 0 Å². The summed E-state index contributed by atoms with van der Waals surface area (Å²) in [5.41, 5.74) is 3.16. The molecule has 3 aliphatic rings. The fourth-order valence-corrected chi connectivity index (χ4v) is 8.29. The van der Waals surface area contributed by atoms with E-state index in [1.54, 1.807) is 22.7 Å². The number of carbonyl (C=O) groups is 2. The first-order valence-electron chi connectivity index (χ1n) is 14.3. The number of aromatic nitrogens is 2. The molecule has 3 aliphatic heterocycles. The average Bonchev–Trinajstić information content (AvgIpc) is 3.73. The van der Waals surface area contributed by atoms with Crippen molar-refractivity contribution in [3.8, 4) is 6.07 Å². The number of aryl methyl sites for hydroxylation is 1. The van der Waals surface area contributed by atoms with Crippen molar-refractivity contribution in [2.45, 2.75) is 45.4 Å². The number of anilines is 2. The van der Waals surface area contributed by atoms with Gasteiger partial charge in [-0.2, -0.15) is 5.26 Å². The molecule has 3 aromatic rings. The lowest BCUT2D eigenvalue weighted by molar-refractivity contribution is -0.132. The van der Waals surface area contributed by atoms with Crippen molar-refractivity contribution in [1.29, 1.82) is 5.26 Å². The van der Waals surface area contributed by atoms with Crippen LogP contribution in [0.25, 0.3) is 20.4 Å². The number of likely N-dealkylation sites (tertiary alicyclic amines) is 3. The summed E-state index contributed by atoms with van der Waals surface area (Å²) in [4.78, 5) is 41.1. The van der Waals surface area contributed by atoms with Crippen LogP contribution in [0, 0.1) is 23.7 Å².